The molecule has 0 saturated heterocycles. The van der Waals surface area contributed by atoms with E-state index < -0.39 is 0 Å². The molecule has 96 valence electrons. The van der Waals surface area contributed by atoms with Crippen molar-refractivity contribution in [1.82, 2.24) is 5.32 Å². The molecule has 1 rings (SSSR count). The van der Waals surface area contributed by atoms with Crippen molar-refractivity contribution >= 4 is 27.7 Å². The predicted molar refractivity (Wildman–Crippen MR) is 81.7 cm³/mol. The quantitative estimate of drug-likeness (QED) is 0.754. The zero-order valence-corrected chi connectivity index (χ0v) is 13.5. The van der Waals surface area contributed by atoms with Crippen LogP contribution in [0.4, 0.5) is 0 Å². The molecule has 0 radical (unpaired) electrons. The predicted octanol–water partition coefficient (Wildman–Crippen LogP) is 4.84. The zero-order chi connectivity index (χ0) is 12.8. The van der Waals surface area contributed by atoms with Gasteiger partial charge in [0.2, 0.25) is 0 Å². The fraction of sp³-hybridized carbons (Fsp3) is 0.571. The molecule has 0 aliphatic rings. The molecule has 1 nitrogen and oxygen atoms in total. The van der Waals surface area contributed by atoms with Crippen molar-refractivity contribution in [3.8, 4) is 0 Å². The molecule has 0 fully saturated rings. The van der Waals surface area contributed by atoms with Crippen molar-refractivity contribution < 1.29 is 0 Å². The van der Waals surface area contributed by atoms with Gasteiger partial charge in [-0.25, -0.2) is 0 Å². The van der Waals surface area contributed by atoms with Crippen LogP contribution in [0.1, 0.15) is 39.7 Å². The van der Waals surface area contributed by atoms with Crippen LogP contribution in [0, 0.1) is 0 Å². The Morgan fingerprint density at radius 3 is 2.59 bits per heavy atom. The topological polar surface area (TPSA) is 12.0 Å². The molecule has 0 saturated carbocycles. The molecule has 1 N–H and O–H groups in total. The Bertz CT molecular complexity index is 352. The van der Waals surface area contributed by atoms with E-state index in [1.807, 2.05) is 11.8 Å². The molecule has 0 bridgehead atoms. The maximum absolute atomic E-state index is 3.55. The Morgan fingerprint density at radius 2 is 2.00 bits per heavy atom. The van der Waals surface area contributed by atoms with Crippen LogP contribution < -0.4 is 5.32 Å². The van der Waals surface area contributed by atoms with Crippen molar-refractivity contribution in [1.29, 1.82) is 0 Å². The summed E-state index contributed by atoms with van der Waals surface area (Å²) in [5.74, 6) is 0. The summed E-state index contributed by atoms with van der Waals surface area (Å²) in [5.41, 5.74) is 1.39. The van der Waals surface area contributed by atoms with Crippen molar-refractivity contribution in [2.75, 3.05) is 0 Å². The molecule has 0 aliphatic heterocycles. The van der Waals surface area contributed by atoms with Gasteiger partial charge in [0.05, 0.1) is 0 Å². The highest BCUT2D eigenvalue weighted by molar-refractivity contribution is 9.10. The molecule has 0 heterocycles. The van der Waals surface area contributed by atoms with Crippen molar-refractivity contribution in [2.24, 2.45) is 0 Å². The second kappa shape index (κ2) is 7.45. The molecular formula is C14H22BrNS. The summed E-state index contributed by atoms with van der Waals surface area (Å²) in [6.07, 6.45) is 1.21. The Hall–Kier alpha value is 0.01000. The molecule has 1 atom stereocenters. The monoisotopic (exact) mass is 315 g/mol. The SMILES string of the molecule is CCC(C)Sc1ccc(Br)cc1CNC(C)C. The third kappa shape index (κ3) is 5.45. The first-order valence-electron chi connectivity index (χ1n) is 6.21. The van der Waals surface area contributed by atoms with Crippen LogP contribution in [0.15, 0.2) is 27.6 Å². The number of benzene rings is 1. The van der Waals surface area contributed by atoms with Gasteiger partial charge in [-0.1, -0.05) is 43.6 Å². The second-order valence-corrected chi connectivity index (χ2v) is 7.02. The summed E-state index contributed by atoms with van der Waals surface area (Å²) in [6.45, 7) is 9.82. The zero-order valence-electron chi connectivity index (χ0n) is 11.1. The fourth-order valence-corrected chi connectivity index (χ4v) is 2.85. The van der Waals surface area contributed by atoms with Gasteiger partial charge in [0, 0.05) is 27.2 Å². The van der Waals surface area contributed by atoms with Gasteiger partial charge >= 0.3 is 0 Å². The first-order valence-corrected chi connectivity index (χ1v) is 7.88. The highest BCUT2D eigenvalue weighted by atomic mass is 79.9. The van der Waals surface area contributed by atoms with E-state index in [9.17, 15) is 0 Å². The maximum Gasteiger partial charge on any atom is 0.0219 e. The molecule has 1 unspecified atom stereocenters. The summed E-state index contributed by atoms with van der Waals surface area (Å²) < 4.78 is 1.16. The van der Waals surface area contributed by atoms with Crippen LogP contribution in [0.2, 0.25) is 0 Å². The van der Waals surface area contributed by atoms with E-state index in [1.54, 1.807) is 0 Å². The molecule has 17 heavy (non-hydrogen) atoms. The van der Waals surface area contributed by atoms with Crippen molar-refractivity contribution in [2.45, 2.75) is 56.8 Å². The Morgan fingerprint density at radius 1 is 1.29 bits per heavy atom. The third-order valence-electron chi connectivity index (χ3n) is 2.63. The van der Waals surface area contributed by atoms with Gasteiger partial charge in [-0.3, -0.25) is 0 Å². The summed E-state index contributed by atoms with van der Waals surface area (Å²) in [7, 11) is 0. The Kier molecular flexibility index (Phi) is 6.60. The van der Waals surface area contributed by atoms with E-state index in [0.717, 1.165) is 11.0 Å². The van der Waals surface area contributed by atoms with Crippen molar-refractivity contribution in [3.63, 3.8) is 0 Å². The Labute approximate surface area is 118 Å². The lowest BCUT2D eigenvalue weighted by Gasteiger charge is -2.15. The minimum absolute atomic E-state index is 0.524. The Balaban J connectivity index is 2.79. The van der Waals surface area contributed by atoms with E-state index in [1.165, 1.54) is 16.9 Å². The lowest BCUT2D eigenvalue weighted by Crippen LogP contribution is -2.22. The lowest BCUT2D eigenvalue weighted by molar-refractivity contribution is 0.584. The number of thioether (sulfide) groups is 1. The standard InChI is InChI=1S/C14H22BrNS/c1-5-11(4)17-14-7-6-13(15)8-12(14)9-16-10(2)3/h6-8,10-11,16H,5,9H2,1-4H3. The molecule has 1 aromatic rings. The third-order valence-corrected chi connectivity index (χ3v) is 4.51. The fourth-order valence-electron chi connectivity index (χ4n) is 1.42. The minimum atomic E-state index is 0.524. The molecule has 0 spiro atoms. The van der Waals surface area contributed by atoms with Crippen LogP contribution in [0.5, 0.6) is 0 Å². The van der Waals surface area contributed by atoms with Crippen LogP contribution in [-0.4, -0.2) is 11.3 Å². The first kappa shape index (κ1) is 15.1. The number of halogens is 1. The van der Waals surface area contributed by atoms with Gasteiger partial charge in [-0.2, -0.15) is 0 Å². The van der Waals surface area contributed by atoms with Crippen LogP contribution in [0.3, 0.4) is 0 Å². The number of nitrogens with one attached hydrogen (secondary N) is 1. The smallest absolute Gasteiger partial charge is 0.0219 e. The maximum atomic E-state index is 3.55. The molecule has 0 amide bonds. The summed E-state index contributed by atoms with van der Waals surface area (Å²) in [6, 6.07) is 7.09. The highest BCUT2D eigenvalue weighted by Gasteiger charge is 2.08. The number of hydrogen-bond donors (Lipinski definition) is 1. The normalized spacial score (nSPS) is 13.1. The molecule has 0 aromatic heterocycles. The van der Waals surface area contributed by atoms with Crippen LogP contribution >= 0.6 is 27.7 Å². The van der Waals surface area contributed by atoms with Gasteiger partial charge < -0.3 is 5.32 Å². The van der Waals surface area contributed by atoms with E-state index in [0.29, 0.717) is 11.3 Å². The van der Waals surface area contributed by atoms with E-state index in [2.05, 4.69) is 67.1 Å². The van der Waals surface area contributed by atoms with Crippen molar-refractivity contribution in [3.05, 3.63) is 28.2 Å². The number of hydrogen-bond acceptors (Lipinski definition) is 2. The summed E-state index contributed by atoms with van der Waals surface area (Å²) in [5, 5.41) is 4.16. The van der Waals surface area contributed by atoms with E-state index in [-0.39, 0.29) is 0 Å². The number of rotatable bonds is 6. The highest BCUT2D eigenvalue weighted by Crippen LogP contribution is 2.30. The molecule has 0 aliphatic carbocycles. The van der Waals surface area contributed by atoms with Gasteiger partial charge in [-0.05, 0) is 30.2 Å². The van der Waals surface area contributed by atoms with Gasteiger partial charge in [0.25, 0.3) is 0 Å². The molecule has 3 heteroatoms. The van der Waals surface area contributed by atoms with E-state index >= 15 is 0 Å². The largest absolute Gasteiger partial charge is 0.310 e. The molecular weight excluding hydrogens is 294 g/mol. The van der Waals surface area contributed by atoms with Gasteiger partial charge in [0.1, 0.15) is 0 Å². The molecule has 1 aromatic carbocycles. The minimum Gasteiger partial charge on any atom is -0.310 e. The average molecular weight is 316 g/mol. The van der Waals surface area contributed by atoms with Crippen LogP contribution in [0.25, 0.3) is 0 Å². The second-order valence-electron chi connectivity index (χ2n) is 4.62. The van der Waals surface area contributed by atoms with Gasteiger partial charge in [0.15, 0.2) is 0 Å². The van der Waals surface area contributed by atoms with Gasteiger partial charge in [-0.15, -0.1) is 11.8 Å². The average Bonchev–Trinajstić information content (AvgIpc) is 2.29. The van der Waals surface area contributed by atoms with Crippen LogP contribution in [-0.2, 0) is 6.54 Å². The van der Waals surface area contributed by atoms with E-state index in [4.69, 9.17) is 0 Å². The lowest BCUT2D eigenvalue weighted by atomic mass is 10.2. The first-order chi connectivity index (χ1) is 8.02. The summed E-state index contributed by atoms with van der Waals surface area (Å²) in [4.78, 5) is 1.40. The summed E-state index contributed by atoms with van der Waals surface area (Å²) >= 11 is 5.52.